The average Bonchev–Trinajstić information content (AvgIpc) is 2.90. The predicted octanol–water partition coefficient (Wildman–Crippen LogP) is 2.60. The van der Waals surface area contributed by atoms with E-state index in [1.54, 1.807) is 6.07 Å². The van der Waals surface area contributed by atoms with Gasteiger partial charge in [0.25, 0.3) is 0 Å². The summed E-state index contributed by atoms with van der Waals surface area (Å²) in [7, 11) is 0. The maximum Gasteiger partial charge on any atom is 0.115 e. The number of benzene rings is 1. The Bertz CT molecular complexity index is 633. The molecule has 21 heavy (non-hydrogen) atoms. The summed E-state index contributed by atoms with van der Waals surface area (Å²) in [4.78, 5) is 0. The Morgan fingerprint density at radius 3 is 2.95 bits per heavy atom. The fraction of sp³-hybridized carbons (Fsp3) is 0.471. The Labute approximate surface area is 125 Å². The number of nitrogens with zero attached hydrogens (tertiary/aromatic N) is 2. The molecular formula is C17H23N3O. The normalized spacial score (nSPS) is 17.7. The number of hydrogen-bond donors (Lipinski definition) is 2. The predicted molar refractivity (Wildman–Crippen MR) is 83.5 cm³/mol. The van der Waals surface area contributed by atoms with Gasteiger partial charge >= 0.3 is 0 Å². The van der Waals surface area contributed by atoms with Gasteiger partial charge in [0.15, 0.2) is 0 Å². The van der Waals surface area contributed by atoms with E-state index >= 15 is 0 Å². The number of aryl methyl sites for hydroxylation is 2. The van der Waals surface area contributed by atoms with Crippen LogP contribution < -0.4 is 5.32 Å². The van der Waals surface area contributed by atoms with E-state index in [-0.39, 0.29) is 6.04 Å². The first-order valence-corrected chi connectivity index (χ1v) is 7.82. The maximum absolute atomic E-state index is 9.77. The molecule has 2 heterocycles. The number of fused-ring (bicyclic) bond motifs is 1. The standard InChI is InChI=1S/C17H23N3O/c1-3-13-9-14(20(4-2)19-13)10-17-16-11-15(21)6-5-12(16)7-8-18-17/h5-6,9,11,17-18,21H,3-4,7-8,10H2,1-2H3. The SMILES string of the molecule is CCc1cc(CC2NCCc3ccc(O)cc32)n(CC)n1. The minimum Gasteiger partial charge on any atom is -0.508 e. The van der Waals surface area contributed by atoms with Gasteiger partial charge < -0.3 is 10.4 Å². The molecule has 0 saturated carbocycles. The lowest BCUT2D eigenvalue weighted by molar-refractivity contribution is 0.458. The summed E-state index contributed by atoms with van der Waals surface area (Å²) in [6, 6.07) is 8.20. The third-order valence-corrected chi connectivity index (χ3v) is 4.28. The minimum absolute atomic E-state index is 0.257. The van der Waals surface area contributed by atoms with Crippen molar-refractivity contribution < 1.29 is 5.11 Å². The van der Waals surface area contributed by atoms with Gasteiger partial charge in [-0.3, -0.25) is 4.68 Å². The summed E-state index contributed by atoms with van der Waals surface area (Å²) in [6.45, 7) is 6.15. The Morgan fingerprint density at radius 2 is 2.19 bits per heavy atom. The van der Waals surface area contributed by atoms with Crippen LogP contribution in [0, 0.1) is 0 Å². The van der Waals surface area contributed by atoms with Crippen LogP contribution in [0.4, 0.5) is 0 Å². The summed E-state index contributed by atoms with van der Waals surface area (Å²) in [5.41, 5.74) is 4.99. The highest BCUT2D eigenvalue weighted by atomic mass is 16.3. The van der Waals surface area contributed by atoms with Crippen molar-refractivity contribution in [2.45, 2.75) is 45.7 Å². The molecule has 4 nitrogen and oxygen atoms in total. The number of phenols is 1. The van der Waals surface area contributed by atoms with Crippen molar-refractivity contribution in [2.75, 3.05) is 6.54 Å². The van der Waals surface area contributed by atoms with E-state index in [4.69, 9.17) is 0 Å². The van der Waals surface area contributed by atoms with Gasteiger partial charge in [-0.1, -0.05) is 13.0 Å². The molecule has 1 atom stereocenters. The minimum atomic E-state index is 0.257. The van der Waals surface area contributed by atoms with Crippen LogP contribution in [0.15, 0.2) is 24.3 Å². The van der Waals surface area contributed by atoms with E-state index in [1.807, 2.05) is 12.1 Å². The number of nitrogens with one attached hydrogen (secondary N) is 1. The van der Waals surface area contributed by atoms with E-state index in [9.17, 15) is 5.11 Å². The topological polar surface area (TPSA) is 50.1 Å². The summed E-state index contributed by atoms with van der Waals surface area (Å²) in [6.07, 6.45) is 2.91. The van der Waals surface area contributed by atoms with Crippen LogP contribution in [-0.4, -0.2) is 21.4 Å². The molecule has 4 heteroatoms. The molecule has 2 N–H and O–H groups in total. The van der Waals surface area contributed by atoms with Crippen molar-refractivity contribution in [1.29, 1.82) is 0 Å². The molecule has 0 radical (unpaired) electrons. The Kier molecular flexibility index (Phi) is 3.97. The Hall–Kier alpha value is -1.81. The molecule has 0 bridgehead atoms. The highest BCUT2D eigenvalue weighted by molar-refractivity contribution is 5.39. The molecule has 2 aromatic rings. The Morgan fingerprint density at radius 1 is 1.33 bits per heavy atom. The zero-order valence-corrected chi connectivity index (χ0v) is 12.8. The van der Waals surface area contributed by atoms with Crippen LogP contribution in [0.5, 0.6) is 5.75 Å². The molecule has 0 amide bonds. The molecule has 0 saturated heterocycles. The van der Waals surface area contributed by atoms with E-state index in [2.05, 4.69) is 35.0 Å². The lowest BCUT2D eigenvalue weighted by atomic mass is 9.91. The molecule has 112 valence electrons. The van der Waals surface area contributed by atoms with Crippen molar-refractivity contribution in [1.82, 2.24) is 15.1 Å². The monoisotopic (exact) mass is 285 g/mol. The van der Waals surface area contributed by atoms with Gasteiger partial charge in [-0.05, 0) is 55.6 Å². The van der Waals surface area contributed by atoms with Crippen molar-refractivity contribution in [3.8, 4) is 5.75 Å². The van der Waals surface area contributed by atoms with Gasteiger partial charge in [0.1, 0.15) is 5.75 Å². The summed E-state index contributed by atoms with van der Waals surface area (Å²) in [5, 5.41) is 18.0. The van der Waals surface area contributed by atoms with E-state index in [0.29, 0.717) is 5.75 Å². The molecule has 3 rings (SSSR count). The van der Waals surface area contributed by atoms with E-state index in [0.717, 1.165) is 38.0 Å². The quantitative estimate of drug-likeness (QED) is 0.908. The molecular weight excluding hydrogens is 262 g/mol. The molecule has 1 aromatic heterocycles. The van der Waals surface area contributed by atoms with Gasteiger partial charge in [-0.15, -0.1) is 0 Å². The fourth-order valence-electron chi connectivity index (χ4n) is 3.14. The maximum atomic E-state index is 9.77. The van der Waals surface area contributed by atoms with E-state index in [1.165, 1.54) is 16.8 Å². The largest absolute Gasteiger partial charge is 0.508 e. The number of hydrogen-bond acceptors (Lipinski definition) is 3. The van der Waals surface area contributed by atoms with Gasteiger partial charge in [-0.25, -0.2) is 0 Å². The van der Waals surface area contributed by atoms with Crippen molar-refractivity contribution in [3.05, 3.63) is 46.8 Å². The van der Waals surface area contributed by atoms with Crippen molar-refractivity contribution in [3.63, 3.8) is 0 Å². The molecule has 0 fully saturated rings. The van der Waals surface area contributed by atoms with Crippen LogP contribution in [0.2, 0.25) is 0 Å². The van der Waals surface area contributed by atoms with Gasteiger partial charge in [0, 0.05) is 24.7 Å². The number of rotatable bonds is 4. The van der Waals surface area contributed by atoms with Gasteiger partial charge in [-0.2, -0.15) is 5.10 Å². The highest BCUT2D eigenvalue weighted by Gasteiger charge is 2.22. The zero-order valence-electron chi connectivity index (χ0n) is 12.8. The molecule has 1 unspecified atom stereocenters. The molecule has 0 aliphatic carbocycles. The van der Waals surface area contributed by atoms with Crippen LogP contribution >= 0.6 is 0 Å². The third kappa shape index (κ3) is 2.81. The van der Waals surface area contributed by atoms with Crippen molar-refractivity contribution >= 4 is 0 Å². The second-order valence-corrected chi connectivity index (χ2v) is 5.64. The Balaban J connectivity index is 1.89. The van der Waals surface area contributed by atoms with Gasteiger partial charge in [0.2, 0.25) is 0 Å². The first-order valence-electron chi connectivity index (χ1n) is 7.82. The van der Waals surface area contributed by atoms with Crippen molar-refractivity contribution in [2.24, 2.45) is 0 Å². The lowest BCUT2D eigenvalue weighted by Gasteiger charge is -2.27. The molecule has 1 aliphatic heterocycles. The molecule has 1 aliphatic rings. The summed E-state index contributed by atoms with van der Waals surface area (Å²) >= 11 is 0. The summed E-state index contributed by atoms with van der Waals surface area (Å²) < 4.78 is 2.09. The van der Waals surface area contributed by atoms with Crippen LogP contribution in [-0.2, 0) is 25.8 Å². The first kappa shape index (κ1) is 14.1. The smallest absolute Gasteiger partial charge is 0.115 e. The second-order valence-electron chi connectivity index (χ2n) is 5.64. The molecule has 1 aromatic carbocycles. The van der Waals surface area contributed by atoms with Crippen LogP contribution in [0.3, 0.4) is 0 Å². The average molecular weight is 285 g/mol. The number of phenolic OH excluding ortho intramolecular Hbond substituents is 1. The zero-order chi connectivity index (χ0) is 14.8. The first-order chi connectivity index (χ1) is 10.2. The lowest BCUT2D eigenvalue weighted by Crippen LogP contribution is -2.31. The number of aromatic nitrogens is 2. The third-order valence-electron chi connectivity index (χ3n) is 4.28. The number of aromatic hydroxyl groups is 1. The van der Waals surface area contributed by atoms with Crippen LogP contribution in [0.1, 0.15) is 42.4 Å². The fourth-order valence-corrected chi connectivity index (χ4v) is 3.14. The summed E-state index contributed by atoms with van der Waals surface area (Å²) in [5.74, 6) is 0.348. The highest BCUT2D eigenvalue weighted by Crippen LogP contribution is 2.29. The van der Waals surface area contributed by atoms with Gasteiger partial charge in [0.05, 0.1) is 5.69 Å². The molecule has 0 spiro atoms. The van der Waals surface area contributed by atoms with E-state index < -0.39 is 0 Å². The second kappa shape index (κ2) is 5.90. The van der Waals surface area contributed by atoms with Crippen LogP contribution in [0.25, 0.3) is 0 Å².